The summed E-state index contributed by atoms with van der Waals surface area (Å²) in [4.78, 5) is 5.70. The Morgan fingerprint density at radius 3 is 2.70 bits per heavy atom. The van der Waals surface area contributed by atoms with Crippen LogP contribution in [0, 0.1) is 0 Å². The minimum absolute atomic E-state index is 0.0303. The summed E-state index contributed by atoms with van der Waals surface area (Å²) < 4.78 is 43.1. The first-order chi connectivity index (χ1) is 10.9. The lowest BCUT2D eigenvalue weighted by Gasteiger charge is -2.29. The molecule has 0 unspecified atom stereocenters. The van der Waals surface area contributed by atoms with Gasteiger partial charge in [-0.1, -0.05) is 11.6 Å². The summed E-state index contributed by atoms with van der Waals surface area (Å²) in [7, 11) is 1.49. The van der Waals surface area contributed by atoms with Gasteiger partial charge >= 0.3 is 6.18 Å². The van der Waals surface area contributed by atoms with Gasteiger partial charge in [0.25, 0.3) is 0 Å². The molecule has 0 aromatic carbocycles. The van der Waals surface area contributed by atoms with Crippen LogP contribution in [0.3, 0.4) is 0 Å². The molecule has 0 N–H and O–H groups in total. The second kappa shape index (κ2) is 5.84. The van der Waals surface area contributed by atoms with Gasteiger partial charge in [0.15, 0.2) is 0 Å². The number of aromatic nitrogens is 3. The van der Waals surface area contributed by atoms with E-state index in [2.05, 4.69) is 15.2 Å². The number of pyridine rings is 1. The van der Waals surface area contributed by atoms with Gasteiger partial charge in [0.05, 0.1) is 23.4 Å². The number of rotatable bonds is 2. The van der Waals surface area contributed by atoms with Gasteiger partial charge in [0.1, 0.15) is 5.82 Å². The Morgan fingerprint density at radius 2 is 2.04 bits per heavy atom. The number of nitrogens with zero attached hydrogens (tertiary/aromatic N) is 4. The molecule has 1 aliphatic rings. The number of halogens is 4. The fourth-order valence-corrected chi connectivity index (χ4v) is 2.69. The smallest absolute Gasteiger partial charge is 0.417 e. The van der Waals surface area contributed by atoms with E-state index in [1.54, 1.807) is 6.07 Å². The van der Waals surface area contributed by atoms with Crippen molar-refractivity contribution in [1.82, 2.24) is 15.2 Å². The molecule has 0 radical (unpaired) electrons. The molecule has 3 rings (SSSR count). The van der Waals surface area contributed by atoms with Gasteiger partial charge in [-0.2, -0.15) is 18.3 Å². The molecule has 0 spiro atoms. The summed E-state index contributed by atoms with van der Waals surface area (Å²) in [5.41, 5.74) is 0.863. The van der Waals surface area contributed by atoms with Crippen LogP contribution in [-0.4, -0.2) is 28.8 Å². The van der Waals surface area contributed by atoms with Gasteiger partial charge in [-0.15, -0.1) is 5.10 Å². The number of anilines is 1. The first-order valence-electron chi connectivity index (χ1n) is 6.75. The average Bonchev–Trinajstić information content (AvgIpc) is 2.52. The predicted molar refractivity (Wildman–Crippen MR) is 77.6 cm³/mol. The van der Waals surface area contributed by atoms with Crippen molar-refractivity contribution in [3.8, 4) is 5.88 Å². The number of ether oxygens (including phenoxy) is 1. The number of alkyl halides is 3. The van der Waals surface area contributed by atoms with Crippen LogP contribution in [0.25, 0.3) is 0 Å². The van der Waals surface area contributed by atoms with E-state index in [1.807, 2.05) is 4.90 Å². The molecular weight excluding hydrogens is 333 g/mol. The van der Waals surface area contributed by atoms with E-state index in [0.717, 1.165) is 23.5 Å². The molecule has 0 bridgehead atoms. The molecule has 0 aliphatic carbocycles. The van der Waals surface area contributed by atoms with E-state index < -0.39 is 11.7 Å². The quantitative estimate of drug-likeness (QED) is 0.838. The number of methoxy groups -OCH3 is 1. The highest BCUT2D eigenvalue weighted by Gasteiger charge is 2.32. The maximum Gasteiger partial charge on any atom is 0.417 e. The Hall–Kier alpha value is -2.09. The average molecular weight is 345 g/mol. The van der Waals surface area contributed by atoms with Gasteiger partial charge < -0.3 is 9.64 Å². The molecule has 2 aromatic rings. The molecule has 122 valence electrons. The van der Waals surface area contributed by atoms with E-state index in [1.165, 1.54) is 7.11 Å². The number of hydrogen-bond acceptors (Lipinski definition) is 5. The molecule has 0 saturated heterocycles. The van der Waals surface area contributed by atoms with Crippen molar-refractivity contribution < 1.29 is 17.9 Å². The normalized spacial score (nSPS) is 14.6. The van der Waals surface area contributed by atoms with Crippen LogP contribution in [0.4, 0.5) is 19.0 Å². The standard InChI is InChI=1S/C14H12ClF3N4O/c1-23-12-4-8-7-22(3-2-11(8)20-21-12)13-10(15)5-9(6-19-13)14(16,17)18/h4-6H,2-3,7H2,1H3. The molecule has 0 atom stereocenters. The summed E-state index contributed by atoms with van der Waals surface area (Å²) in [5, 5.41) is 7.96. The summed E-state index contributed by atoms with van der Waals surface area (Å²) in [6, 6.07) is 2.65. The van der Waals surface area contributed by atoms with Crippen molar-refractivity contribution in [2.24, 2.45) is 0 Å². The Bertz CT molecular complexity index is 738. The third kappa shape index (κ3) is 3.17. The summed E-state index contributed by atoms with van der Waals surface area (Å²) >= 11 is 6.00. The lowest BCUT2D eigenvalue weighted by molar-refractivity contribution is -0.137. The van der Waals surface area contributed by atoms with Crippen molar-refractivity contribution in [3.05, 3.63) is 40.2 Å². The summed E-state index contributed by atoms with van der Waals surface area (Å²) in [6.45, 7) is 0.978. The van der Waals surface area contributed by atoms with Crippen LogP contribution in [0.5, 0.6) is 5.88 Å². The molecule has 5 nitrogen and oxygen atoms in total. The highest BCUT2D eigenvalue weighted by molar-refractivity contribution is 6.33. The van der Waals surface area contributed by atoms with E-state index in [4.69, 9.17) is 16.3 Å². The minimum Gasteiger partial charge on any atom is -0.480 e. The lowest BCUT2D eigenvalue weighted by Crippen LogP contribution is -2.32. The van der Waals surface area contributed by atoms with E-state index in [-0.39, 0.29) is 5.02 Å². The van der Waals surface area contributed by atoms with E-state index >= 15 is 0 Å². The predicted octanol–water partition coefficient (Wildman–Crippen LogP) is 3.12. The molecule has 23 heavy (non-hydrogen) atoms. The number of fused-ring (bicyclic) bond motifs is 1. The van der Waals surface area contributed by atoms with Crippen molar-refractivity contribution >= 4 is 17.4 Å². The topological polar surface area (TPSA) is 51.1 Å². The van der Waals surface area contributed by atoms with Crippen LogP contribution >= 0.6 is 11.6 Å². The van der Waals surface area contributed by atoms with E-state index in [0.29, 0.717) is 31.2 Å². The van der Waals surface area contributed by atoms with Crippen LogP contribution < -0.4 is 9.64 Å². The van der Waals surface area contributed by atoms with Gasteiger partial charge in [0.2, 0.25) is 5.88 Å². The SMILES string of the molecule is COc1cc2c(nn1)CCN(c1ncc(C(F)(F)F)cc1Cl)C2. The molecule has 1 aliphatic heterocycles. The zero-order valence-corrected chi connectivity index (χ0v) is 12.8. The van der Waals surface area contributed by atoms with Crippen LogP contribution in [0.2, 0.25) is 5.02 Å². The highest BCUT2D eigenvalue weighted by Crippen LogP contribution is 2.34. The van der Waals surface area contributed by atoms with Gasteiger partial charge in [-0.3, -0.25) is 0 Å². The van der Waals surface area contributed by atoms with Crippen molar-refractivity contribution in [2.45, 2.75) is 19.1 Å². The Labute approximate surface area is 135 Å². The summed E-state index contributed by atoms with van der Waals surface area (Å²) in [5.74, 6) is 0.707. The third-order valence-electron chi connectivity index (χ3n) is 3.58. The zero-order valence-electron chi connectivity index (χ0n) is 12.1. The molecular formula is C14H12ClF3N4O. The Morgan fingerprint density at radius 1 is 1.26 bits per heavy atom. The summed E-state index contributed by atoms with van der Waals surface area (Å²) in [6.07, 6.45) is -3.07. The monoisotopic (exact) mass is 344 g/mol. The van der Waals surface area contributed by atoms with E-state index in [9.17, 15) is 13.2 Å². The highest BCUT2D eigenvalue weighted by atomic mass is 35.5. The third-order valence-corrected chi connectivity index (χ3v) is 3.85. The molecule has 2 aromatic heterocycles. The second-order valence-corrected chi connectivity index (χ2v) is 5.46. The number of hydrogen-bond donors (Lipinski definition) is 0. The lowest BCUT2D eigenvalue weighted by atomic mass is 10.1. The van der Waals surface area contributed by atoms with Gasteiger partial charge in [-0.25, -0.2) is 4.98 Å². The maximum atomic E-state index is 12.7. The Kier molecular flexibility index (Phi) is 4.01. The first kappa shape index (κ1) is 15.8. The molecule has 0 amide bonds. The van der Waals surface area contributed by atoms with Crippen LogP contribution in [0.1, 0.15) is 16.8 Å². The fraction of sp³-hybridized carbons (Fsp3) is 0.357. The largest absolute Gasteiger partial charge is 0.480 e. The van der Waals surface area contributed by atoms with Crippen molar-refractivity contribution in [1.29, 1.82) is 0 Å². The minimum atomic E-state index is -4.47. The molecule has 0 fully saturated rings. The maximum absolute atomic E-state index is 12.7. The van der Waals surface area contributed by atoms with Crippen LogP contribution in [0.15, 0.2) is 18.3 Å². The van der Waals surface area contributed by atoms with Crippen LogP contribution in [-0.2, 0) is 19.1 Å². The van der Waals surface area contributed by atoms with Crippen molar-refractivity contribution in [3.63, 3.8) is 0 Å². The Balaban J connectivity index is 1.88. The fourth-order valence-electron chi connectivity index (χ4n) is 2.41. The molecule has 0 saturated carbocycles. The zero-order chi connectivity index (χ0) is 16.6. The van der Waals surface area contributed by atoms with Gasteiger partial charge in [-0.05, 0) is 6.07 Å². The molecule has 3 heterocycles. The van der Waals surface area contributed by atoms with Gasteiger partial charge in [0, 0.05) is 37.3 Å². The second-order valence-electron chi connectivity index (χ2n) is 5.06. The first-order valence-corrected chi connectivity index (χ1v) is 7.13. The van der Waals surface area contributed by atoms with Crippen molar-refractivity contribution in [2.75, 3.05) is 18.6 Å². The molecule has 9 heteroatoms.